The Labute approximate surface area is 129 Å². The van der Waals surface area contributed by atoms with Crippen molar-refractivity contribution in [1.82, 2.24) is 5.32 Å². The van der Waals surface area contributed by atoms with E-state index in [1.807, 2.05) is 6.07 Å². The molecule has 2 nitrogen and oxygen atoms in total. The highest BCUT2D eigenvalue weighted by Gasteiger charge is 2.32. The first-order valence-corrected chi connectivity index (χ1v) is 7.91. The minimum atomic E-state index is 0.266. The first-order valence-electron chi connectivity index (χ1n) is 6.74. The van der Waals surface area contributed by atoms with Crippen LogP contribution in [0.1, 0.15) is 27.7 Å². The van der Waals surface area contributed by atoms with Gasteiger partial charge in [-0.2, -0.15) is 0 Å². The van der Waals surface area contributed by atoms with Crippen LogP contribution in [0.25, 0.3) is 0 Å². The summed E-state index contributed by atoms with van der Waals surface area (Å²) in [5.41, 5.74) is 1.50. The zero-order chi connectivity index (χ0) is 14.2. The monoisotopic (exact) mass is 344 g/mol. The fraction of sp³-hybridized carbons (Fsp3) is 0.600. The van der Waals surface area contributed by atoms with E-state index in [0.29, 0.717) is 12.1 Å². The Balaban J connectivity index is 2.23. The normalized spacial score (nSPS) is 24.6. The van der Waals surface area contributed by atoms with Crippen molar-refractivity contribution in [3.8, 4) is 0 Å². The molecule has 19 heavy (non-hydrogen) atoms. The summed E-state index contributed by atoms with van der Waals surface area (Å²) >= 11 is 9.59. The van der Waals surface area contributed by atoms with Gasteiger partial charge in [-0.25, -0.2) is 0 Å². The summed E-state index contributed by atoms with van der Waals surface area (Å²) in [4.78, 5) is 2.47. The third kappa shape index (κ3) is 3.45. The highest BCUT2D eigenvalue weighted by molar-refractivity contribution is 9.10. The predicted octanol–water partition coefficient (Wildman–Crippen LogP) is 4.32. The Morgan fingerprint density at radius 1 is 1.37 bits per heavy atom. The fourth-order valence-electron chi connectivity index (χ4n) is 2.47. The zero-order valence-corrected chi connectivity index (χ0v) is 14.3. The molecule has 1 saturated heterocycles. The number of rotatable bonds is 1. The molecular formula is C15H22BrClN2. The second-order valence-corrected chi connectivity index (χ2v) is 7.69. The zero-order valence-electron chi connectivity index (χ0n) is 12.0. The quantitative estimate of drug-likeness (QED) is 0.815. The number of hydrogen-bond donors (Lipinski definition) is 1. The SMILES string of the molecule is CC1CNC(C(C)(C)C)CN1c1ccc(Cl)c(Br)c1. The van der Waals surface area contributed by atoms with E-state index in [9.17, 15) is 0 Å². The molecule has 2 unspecified atom stereocenters. The number of anilines is 1. The lowest BCUT2D eigenvalue weighted by Gasteiger charge is -2.45. The standard InChI is InChI=1S/C15H22BrClN2/c1-10-8-18-14(15(2,3)4)9-19(10)11-5-6-13(17)12(16)7-11/h5-7,10,14,18H,8-9H2,1-4H3. The molecule has 0 aromatic heterocycles. The number of benzene rings is 1. The minimum absolute atomic E-state index is 0.266. The van der Waals surface area contributed by atoms with Crippen molar-refractivity contribution in [2.45, 2.75) is 39.8 Å². The Morgan fingerprint density at radius 3 is 2.63 bits per heavy atom. The molecule has 1 N–H and O–H groups in total. The number of nitrogens with one attached hydrogen (secondary N) is 1. The molecule has 1 fully saturated rings. The molecule has 0 spiro atoms. The third-order valence-corrected chi connectivity index (χ3v) is 5.07. The van der Waals surface area contributed by atoms with Crippen molar-refractivity contribution in [2.24, 2.45) is 5.41 Å². The van der Waals surface area contributed by atoms with E-state index < -0.39 is 0 Å². The van der Waals surface area contributed by atoms with Crippen LogP contribution in [0.5, 0.6) is 0 Å². The first kappa shape index (κ1) is 15.1. The molecule has 1 aromatic rings. The summed E-state index contributed by atoms with van der Waals surface area (Å²) in [6.07, 6.45) is 0. The average molecular weight is 346 g/mol. The maximum absolute atomic E-state index is 6.08. The predicted molar refractivity (Wildman–Crippen MR) is 87.2 cm³/mol. The van der Waals surface area contributed by atoms with Crippen LogP contribution in [0.4, 0.5) is 5.69 Å². The van der Waals surface area contributed by atoms with Crippen LogP contribution in [0.3, 0.4) is 0 Å². The molecule has 4 heteroatoms. The molecular weight excluding hydrogens is 324 g/mol. The molecule has 0 radical (unpaired) electrons. The molecule has 1 heterocycles. The lowest BCUT2D eigenvalue weighted by atomic mass is 9.84. The van der Waals surface area contributed by atoms with E-state index in [2.05, 4.69) is 66.0 Å². The van der Waals surface area contributed by atoms with Crippen LogP contribution in [0.15, 0.2) is 22.7 Å². The van der Waals surface area contributed by atoms with Crippen molar-refractivity contribution in [3.63, 3.8) is 0 Å². The van der Waals surface area contributed by atoms with Gasteiger partial charge < -0.3 is 10.2 Å². The highest BCUT2D eigenvalue weighted by Crippen LogP contribution is 2.31. The molecule has 0 saturated carbocycles. The van der Waals surface area contributed by atoms with Gasteiger partial charge in [0.25, 0.3) is 0 Å². The van der Waals surface area contributed by atoms with Crippen LogP contribution < -0.4 is 10.2 Å². The summed E-state index contributed by atoms with van der Waals surface area (Å²) in [5, 5.41) is 4.42. The number of hydrogen-bond acceptors (Lipinski definition) is 2. The van der Waals surface area contributed by atoms with Crippen molar-refractivity contribution >= 4 is 33.2 Å². The molecule has 0 aliphatic carbocycles. The third-order valence-electron chi connectivity index (χ3n) is 3.85. The molecule has 106 valence electrons. The second-order valence-electron chi connectivity index (χ2n) is 6.43. The maximum Gasteiger partial charge on any atom is 0.0549 e. The Bertz CT molecular complexity index is 456. The molecule has 1 aliphatic rings. The van der Waals surface area contributed by atoms with Gasteiger partial charge in [0.15, 0.2) is 0 Å². The van der Waals surface area contributed by atoms with Crippen molar-refractivity contribution in [2.75, 3.05) is 18.0 Å². The van der Waals surface area contributed by atoms with Gasteiger partial charge in [0.1, 0.15) is 0 Å². The van der Waals surface area contributed by atoms with E-state index in [0.717, 1.165) is 22.6 Å². The minimum Gasteiger partial charge on any atom is -0.366 e. The summed E-state index contributed by atoms with van der Waals surface area (Å²) in [6.45, 7) is 11.2. The van der Waals surface area contributed by atoms with Gasteiger partial charge in [-0.15, -0.1) is 0 Å². The van der Waals surface area contributed by atoms with Gasteiger partial charge in [0.05, 0.1) is 5.02 Å². The van der Waals surface area contributed by atoms with E-state index in [4.69, 9.17) is 11.6 Å². The Kier molecular flexibility index (Phi) is 4.49. The molecule has 0 amide bonds. The van der Waals surface area contributed by atoms with E-state index in [-0.39, 0.29) is 5.41 Å². The summed E-state index contributed by atoms with van der Waals surface area (Å²) in [5.74, 6) is 0. The molecule has 2 atom stereocenters. The number of halogens is 2. The maximum atomic E-state index is 6.08. The summed E-state index contributed by atoms with van der Waals surface area (Å²) < 4.78 is 0.963. The molecule has 1 aliphatic heterocycles. The van der Waals surface area contributed by atoms with Gasteiger partial charge in [-0.3, -0.25) is 0 Å². The van der Waals surface area contributed by atoms with Gasteiger partial charge >= 0.3 is 0 Å². The van der Waals surface area contributed by atoms with Crippen LogP contribution in [0, 0.1) is 5.41 Å². The van der Waals surface area contributed by atoms with Crippen LogP contribution in [-0.4, -0.2) is 25.2 Å². The Hall–Kier alpha value is -0.250. The molecule has 0 bridgehead atoms. The van der Waals surface area contributed by atoms with Crippen LogP contribution >= 0.6 is 27.5 Å². The smallest absolute Gasteiger partial charge is 0.0549 e. The lowest BCUT2D eigenvalue weighted by Crippen LogP contribution is -2.59. The van der Waals surface area contributed by atoms with Gasteiger partial charge in [0, 0.05) is 35.3 Å². The Morgan fingerprint density at radius 2 is 2.05 bits per heavy atom. The largest absolute Gasteiger partial charge is 0.366 e. The lowest BCUT2D eigenvalue weighted by molar-refractivity contribution is 0.239. The van der Waals surface area contributed by atoms with Gasteiger partial charge in [-0.05, 0) is 46.5 Å². The highest BCUT2D eigenvalue weighted by atomic mass is 79.9. The van der Waals surface area contributed by atoms with Crippen LogP contribution in [0.2, 0.25) is 5.02 Å². The first-order chi connectivity index (χ1) is 8.79. The van der Waals surface area contributed by atoms with Crippen molar-refractivity contribution < 1.29 is 0 Å². The summed E-state index contributed by atoms with van der Waals surface area (Å²) in [7, 11) is 0. The van der Waals surface area contributed by atoms with E-state index >= 15 is 0 Å². The van der Waals surface area contributed by atoms with E-state index in [1.54, 1.807) is 0 Å². The van der Waals surface area contributed by atoms with Crippen molar-refractivity contribution in [1.29, 1.82) is 0 Å². The van der Waals surface area contributed by atoms with Gasteiger partial charge in [-0.1, -0.05) is 32.4 Å². The number of piperazine rings is 1. The number of nitrogens with zero attached hydrogens (tertiary/aromatic N) is 1. The van der Waals surface area contributed by atoms with Crippen molar-refractivity contribution in [3.05, 3.63) is 27.7 Å². The molecule has 1 aromatic carbocycles. The fourth-order valence-corrected chi connectivity index (χ4v) is 2.95. The van der Waals surface area contributed by atoms with E-state index in [1.165, 1.54) is 5.69 Å². The van der Waals surface area contributed by atoms with Crippen LogP contribution in [-0.2, 0) is 0 Å². The topological polar surface area (TPSA) is 15.3 Å². The summed E-state index contributed by atoms with van der Waals surface area (Å²) in [6, 6.07) is 7.17. The molecule has 2 rings (SSSR count). The average Bonchev–Trinajstić information content (AvgIpc) is 2.32. The van der Waals surface area contributed by atoms with Gasteiger partial charge in [0.2, 0.25) is 0 Å². The second kappa shape index (κ2) is 5.63.